The van der Waals surface area contributed by atoms with Gasteiger partial charge in [-0.25, -0.2) is 0 Å². The summed E-state index contributed by atoms with van der Waals surface area (Å²) in [5.41, 5.74) is 0. The molecule has 1 aliphatic heterocycles. The smallest absolute Gasteiger partial charge is 0.184 e. The summed E-state index contributed by atoms with van der Waals surface area (Å²) in [7, 11) is 3.81. The van der Waals surface area contributed by atoms with Crippen molar-refractivity contribution in [2.75, 3.05) is 14.1 Å². The number of carbonyl (C=O) groups excluding carboxylic acids is 1. The van der Waals surface area contributed by atoms with Gasteiger partial charge in [0, 0.05) is 20.3 Å². The van der Waals surface area contributed by atoms with Gasteiger partial charge >= 0.3 is 0 Å². The molecule has 0 bridgehead atoms. The van der Waals surface area contributed by atoms with E-state index in [4.69, 9.17) is 0 Å². The third kappa shape index (κ3) is 2.34. The normalized spacial score (nSPS) is 22.2. The van der Waals surface area contributed by atoms with Crippen LogP contribution < -0.4 is 0 Å². The second kappa shape index (κ2) is 3.85. The average molecular weight is 164 g/mol. The molecule has 0 radical (unpaired) electrons. The van der Waals surface area contributed by atoms with E-state index in [0.29, 0.717) is 0 Å². The molecule has 64 valence electrons. The highest BCUT2D eigenvalue weighted by atomic mass is 16.1. The van der Waals surface area contributed by atoms with Gasteiger partial charge in [-0.05, 0) is 24.4 Å². The van der Waals surface area contributed by atoms with E-state index < -0.39 is 0 Å². The number of nitrogens with zero attached hydrogens (tertiary/aromatic N) is 2. The van der Waals surface area contributed by atoms with Gasteiger partial charge in [0.15, 0.2) is 5.78 Å². The summed E-state index contributed by atoms with van der Waals surface area (Å²) in [6, 6.07) is -0.322. The molecular formula is C9H12N2O. The molecule has 12 heavy (non-hydrogen) atoms. The Balaban J connectivity index is 2.59. The van der Waals surface area contributed by atoms with E-state index in [9.17, 15) is 4.79 Å². The van der Waals surface area contributed by atoms with Crippen LogP contribution in [0.1, 0.15) is 0 Å². The molecular weight excluding hydrogens is 152 g/mol. The zero-order chi connectivity index (χ0) is 8.97. The van der Waals surface area contributed by atoms with E-state index in [1.807, 2.05) is 25.2 Å². The molecule has 0 aliphatic carbocycles. The van der Waals surface area contributed by atoms with Gasteiger partial charge in [0.05, 0.1) is 0 Å². The third-order valence-corrected chi connectivity index (χ3v) is 1.45. The fourth-order valence-corrected chi connectivity index (χ4v) is 0.851. The van der Waals surface area contributed by atoms with Crippen molar-refractivity contribution in [1.29, 1.82) is 0 Å². The van der Waals surface area contributed by atoms with E-state index in [1.165, 1.54) is 6.08 Å². The van der Waals surface area contributed by atoms with E-state index in [-0.39, 0.29) is 11.8 Å². The number of aliphatic imine (C=N–C) groups is 1. The highest BCUT2D eigenvalue weighted by Crippen LogP contribution is 2.01. The summed E-state index contributed by atoms with van der Waals surface area (Å²) in [6.45, 7) is 0. The molecule has 3 heteroatoms. The van der Waals surface area contributed by atoms with E-state index in [0.717, 1.165) is 0 Å². The van der Waals surface area contributed by atoms with Crippen LogP contribution in [0.3, 0.4) is 0 Å². The van der Waals surface area contributed by atoms with Crippen molar-refractivity contribution in [2.45, 2.75) is 6.04 Å². The van der Waals surface area contributed by atoms with Crippen LogP contribution in [0.4, 0.5) is 0 Å². The van der Waals surface area contributed by atoms with Crippen LogP contribution in [-0.2, 0) is 4.79 Å². The van der Waals surface area contributed by atoms with Gasteiger partial charge in [0.25, 0.3) is 0 Å². The molecule has 0 fully saturated rings. The Labute approximate surface area is 72.1 Å². The highest BCUT2D eigenvalue weighted by Gasteiger charge is 2.11. The molecule has 1 unspecified atom stereocenters. The Kier molecular flexibility index (Phi) is 2.80. The first-order chi connectivity index (χ1) is 5.70. The van der Waals surface area contributed by atoms with Crippen LogP contribution in [0.25, 0.3) is 0 Å². The van der Waals surface area contributed by atoms with Crippen molar-refractivity contribution in [2.24, 2.45) is 4.99 Å². The van der Waals surface area contributed by atoms with E-state index >= 15 is 0 Å². The minimum absolute atomic E-state index is 0.0376. The van der Waals surface area contributed by atoms with Crippen LogP contribution >= 0.6 is 0 Å². The van der Waals surface area contributed by atoms with Gasteiger partial charge in [-0.3, -0.25) is 9.79 Å². The Morgan fingerprint density at radius 3 is 2.92 bits per heavy atom. The van der Waals surface area contributed by atoms with Crippen LogP contribution in [0.2, 0.25) is 0 Å². The van der Waals surface area contributed by atoms with Crippen molar-refractivity contribution in [3.63, 3.8) is 0 Å². The zero-order valence-electron chi connectivity index (χ0n) is 7.27. The standard InChI is InChI=1S/C9H12N2O/c1-11(2)7-5-8-9(12)4-3-6-10-8/h3-8H,1-2H3. The molecule has 0 aromatic carbocycles. The quantitative estimate of drug-likeness (QED) is 0.600. The zero-order valence-corrected chi connectivity index (χ0v) is 7.27. The summed E-state index contributed by atoms with van der Waals surface area (Å²) in [5.74, 6) is 0.0376. The number of hydrogen-bond donors (Lipinski definition) is 0. The largest absolute Gasteiger partial charge is 0.384 e. The fourth-order valence-electron chi connectivity index (χ4n) is 0.851. The molecule has 0 amide bonds. The number of rotatable bonds is 2. The predicted molar refractivity (Wildman–Crippen MR) is 49.3 cm³/mol. The molecule has 0 saturated heterocycles. The van der Waals surface area contributed by atoms with Crippen LogP contribution in [0.15, 0.2) is 29.4 Å². The lowest BCUT2D eigenvalue weighted by molar-refractivity contribution is -0.114. The first kappa shape index (κ1) is 8.71. The molecule has 0 aromatic heterocycles. The summed E-state index contributed by atoms with van der Waals surface area (Å²) in [4.78, 5) is 17.0. The maximum atomic E-state index is 11.1. The second-order valence-electron chi connectivity index (χ2n) is 2.81. The number of allylic oxidation sites excluding steroid dienone is 1. The minimum Gasteiger partial charge on any atom is -0.384 e. The van der Waals surface area contributed by atoms with Gasteiger partial charge in [-0.15, -0.1) is 0 Å². The first-order valence-corrected chi connectivity index (χ1v) is 3.78. The molecule has 1 rings (SSSR count). The van der Waals surface area contributed by atoms with Gasteiger partial charge in [0.1, 0.15) is 6.04 Å². The van der Waals surface area contributed by atoms with Crippen molar-refractivity contribution in [3.8, 4) is 0 Å². The van der Waals surface area contributed by atoms with Gasteiger partial charge in [0.2, 0.25) is 0 Å². The Hall–Kier alpha value is -1.38. The number of ketones is 1. The third-order valence-electron chi connectivity index (χ3n) is 1.45. The maximum absolute atomic E-state index is 11.1. The SMILES string of the molecule is CN(C)C=CC1N=CC=CC1=O. The summed E-state index contributed by atoms with van der Waals surface area (Å²) in [5, 5.41) is 0. The molecule has 0 N–H and O–H groups in total. The molecule has 0 spiro atoms. The van der Waals surface area contributed by atoms with Gasteiger partial charge in [-0.2, -0.15) is 0 Å². The Bertz CT molecular complexity index is 251. The predicted octanol–water partition coefficient (Wildman–Crippen LogP) is 0.640. The monoisotopic (exact) mass is 164 g/mol. The molecule has 0 aromatic rings. The van der Waals surface area contributed by atoms with Crippen molar-refractivity contribution >= 4 is 12.0 Å². The van der Waals surface area contributed by atoms with Gasteiger partial charge < -0.3 is 4.90 Å². The van der Waals surface area contributed by atoms with Crippen molar-refractivity contribution < 1.29 is 4.79 Å². The Morgan fingerprint density at radius 1 is 1.58 bits per heavy atom. The molecule has 1 aliphatic rings. The molecule has 3 nitrogen and oxygen atoms in total. The topological polar surface area (TPSA) is 32.7 Å². The van der Waals surface area contributed by atoms with E-state index in [1.54, 1.807) is 18.4 Å². The first-order valence-electron chi connectivity index (χ1n) is 3.78. The lowest BCUT2D eigenvalue weighted by Crippen LogP contribution is -2.17. The van der Waals surface area contributed by atoms with E-state index in [2.05, 4.69) is 4.99 Å². The van der Waals surface area contributed by atoms with Crippen LogP contribution in [-0.4, -0.2) is 37.0 Å². The molecule has 1 atom stereocenters. The molecule has 0 saturated carbocycles. The van der Waals surface area contributed by atoms with Gasteiger partial charge in [-0.1, -0.05) is 0 Å². The lowest BCUT2D eigenvalue weighted by atomic mass is 10.1. The summed E-state index contributed by atoms with van der Waals surface area (Å²) < 4.78 is 0. The Morgan fingerprint density at radius 2 is 2.33 bits per heavy atom. The molecule has 1 heterocycles. The summed E-state index contributed by atoms with van der Waals surface area (Å²) in [6.07, 6.45) is 8.45. The maximum Gasteiger partial charge on any atom is 0.184 e. The number of hydrogen-bond acceptors (Lipinski definition) is 3. The summed E-state index contributed by atoms with van der Waals surface area (Å²) >= 11 is 0. The lowest BCUT2D eigenvalue weighted by Gasteiger charge is -2.08. The highest BCUT2D eigenvalue weighted by molar-refractivity contribution is 6.02. The average Bonchev–Trinajstić information content (AvgIpc) is 2.03. The van der Waals surface area contributed by atoms with Crippen LogP contribution in [0.5, 0.6) is 0 Å². The number of dihydropyridines is 1. The minimum atomic E-state index is -0.322. The second-order valence-corrected chi connectivity index (χ2v) is 2.81. The fraction of sp³-hybridized carbons (Fsp3) is 0.333. The van der Waals surface area contributed by atoms with Crippen molar-refractivity contribution in [1.82, 2.24) is 4.90 Å². The van der Waals surface area contributed by atoms with Crippen molar-refractivity contribution in [3.05, 3.63) is 24.4 Å². The number of carbonyl (C=O) groups is 1. The van der Waals surface area contributed by atoms with Crippen LogP contribution in [0, 0.1) is 0 Å².